The maximum atomic E-state index is 13.1. The van der Waals surface area contributed by atoms with E-state index in [1.54, 1.807) is 0 Å². The Kier molecular flexibility index (Phi) is 6.22. The number of nitrogens with one attached hydrogen (secondary N) is 1. The Morgan fingerprint density at radius 1 is 1.10 bits per heavy atom. The summed E-state index contributed by atoms with van der Waals surface area (Å²) in [6, 6.07) is 7.62. The maximum Gasteiger partial charge on any atom is 0.333 e. The summed E-state index contributed by atoms with van der Waals surface area (Å²) in [5.74, 6) is -0.329. The van der Waals surface area contributed by atoms with Crippen molar-refractivity contribution in [1.29, 1.82) is 0 Å². The smallest absolute Gasteiger partial charge is 0.333 e. The molecule has 0 saturated carbocycles. The number of carbonyl (C=O) groups is 1. The van der Waals surface area contributed by atoms with Crippen molar-refractivity contribution in [3.63, 3.8) is 0 Å². The minimum Gasteiger partial charge on any atom is -0.348 e. The third kappa shape index (κ3) is 4.27. The van der Waals surface area contributed by atoms with Gasteiger partial charge in [0.25, 0.3) is 5.56 Å². The molecule has 0 bridgehead atoms. The molecule has 0 atom stereocenters. The van der Waals surface area contributed by atoms with Gasteiger partial charge in [0.15, 0.2) is 10.8 Å². The van der Waals surface area contributed by atoms with Gasteiger partial charge in [0.2, 0.25) is 5.91 Å². The third-order valence-corrected chi connectivity index (χ3v) is 6.62. The van der Waals surface area contributed by atoms with Gasteiger partial charge < -0.3 is 10.2 Å². The molecule has 31 heavy (non-hydrogen) atoms. The van der Waals surface area contributed by atoms with Gasteiger partial charge >= 0.3 is 5.69 Å². The third-order valence-electron chi connectivity index (χ3n) is 5.53. The second-order valence-electron chi connectivity index (χ2n) is 7.77. The fraction of sp³-hybridized carbons (Fsp3) is 0.455. The molecule has 1 fully saturated rings. The minimum atomic E-state index is -0.492. The first-order valence-electron chi connectivity index (χ1n) is 10.8. The van der Waals surface area contributed by atoms with Gasteiger partial charge in [-0.3, -0.25) is 18.7 Å². The number of hydrogen-bond acceptors (Lipinski definition) is 6. The zero-order valence-corrected chi connectivity index (χ0v) is 18.7. The van der Waals surface area contributed by atoms with E-state index < -0.39 is 5.69 Å². The summed E-state index contributed by atoms with van der Waals surface area (Å²) in [5, 5.41) is 3.58. The molecule has 164 valence electrons. The Morgan fingerprint density at radius 3 is 2.45 bits per heavy atom. The van der Waals surface area contributed by atoms with Gasteiger partial charge in [-0.05, 0) is 43.4 Å². The fourth-order valence-corrected chi connectivity index (χ4v) is 4.91. The highest BCUT2D eigenvalue weighted by Crippen LogP contribution is 2.28. The molecular formula is C22H27N5O3S. The van der Waals surface area contributed by atoms with Gasteiger partial charge in [-0.2, -0.15) is 0 Å². The molecule has 1 aliphatic rings. The lowest BCUT2D eigenvalue weighted by atomic mass is 10.1. The monoisotopic (exact) mass is 441 g/mol. The first-order valence-corrected chi connectivity index (χ1v) is 11.6. The van der Waals surface area contributed by atoms with E-state index in [0.29, 0.717) is 29.0 Å². The van der Waals surface area contributed by atoms with Crippen molar-refractivity contribution in [1.82, 2.24) is 14.1 Å². The second kappa shape index (κ2) is 9.05. The standard InChI is InChI=1S/C22H27N5O3S/c1-3-11-26-20(29)18-19(24-21(31-18)25-12-5-6-13-25)27(22(26)30)14-17(28)23-16-9-7-15(4-2)8-10-16/h7-10H,3-6,11-14H2,1-2H3,(H,23,28). The van der Waals surface area contributed by atoms with Gasteiger partial charge in [0.05, 0.1) is 0 Å². The number of aromatic nitrogens is 3. The van der Waals surface area contributed by atoms with Crippen LogP contribution < -0.4 is 21.5 Å². The zero-order chi connectivity index (χ0) is 22.0. The van der Waals surface area contributed by atoms with Crippen molar-refractivity contribution < 1.29 is 4.79 Å². The number of fused-ring (bicyclic) bond motifs is 1. The van der Waals surface area contributed by atoms with Crippen LogP contribution >= 0.6 is 11.3 Å². The average molecular weight is 442 g/mol. The highest BCUT2D eigenvalue weighted by atomic mass is 32.1. The van der Waals surface area contributed by atoms with Gasteiger partial charge in [-0.25, -0.2) is 9.78 Å². The van der Waals surface area contributed by atoms with E-state index in [9.17, 15) is 14.4 Å². The Morgan fingerprint density at radius 2 is 1.81 bits per heavy atom. The first-order chi connectivity index (χ1) is 15.0. The van der Waals surface area contributed by atoms with Crippen molar-refractivity contribution in [2.75, 3.05) is 23.3 Å². The molecule has 0 spiro atoms. The molecule has 0 unspecified atom stereocenters. The lowest BCUT2D eigenvalue weighted by molar-refractivity contribution is -0.116. The number of hydrogen-bond donors (Lipinski definition) is 1. The van der Waals surface area contributed by atoms with Crippen molar-refractivity contribution in [2.24, 2.45) is 0 Å². The predicted octanol–water partition coefficient (Wildman–Crippen LogP) is 2.83. The van der Waals surface area contributed by atoms with Crippen LogP contribution in [0.1, 0.15) is 38.7 Å². The summed E-state index contributed by atoms with van der Waals surface area (Å²) in [7, 11) is 0. The molecule has 0 aliphatic carbocycles. The molecule has 1 saturated heterocycles. The Labute approximate surface area is 184 Å². The number of benzene rings is 1. The van der Waals surface area contributed by atoms with Crippen LogP contribution in [0, 0.1) is 0 Å². The molecule has 8 nitrogen and oxygen atoms in total. The number of rotatable bonds is 7. The number of carbonyl (C=O) groups excluding carboxylic acids is 1. The molecule has 1 amide bonds. The van der Waals surface area contributed by atoms with Crippen LogP contribution in [-0.4, -0.2) is 33.1 Å². The van der Waals surface area contributed by atoms with Crippen molar-refractivity contribution in [3.05, 3.63) is 50.7 Å². The van der Waals surface area contributed by atoms with Gasteiger partial charge in [-0.15, -0.1) is 0 Å². The van der Waals surface area contributed by atoms with Crippen molar-refractivity contribution in [3.8, 4) is 0 Å². The van der Waals surface area contributed by atoms with Gasteiger partial charge in [0, 0.05) is 25.3 Å². The molecule has 0 radical (unpaired) electrons. The first kappa shape index (κ1) is 21.3. The predicted molar refractivity (Wildman–Crippen MR) is 124 cm³/mol. The summed E-state index contributed by atoms with van der Waals surface area (Å²) < 4.78 is 2.98. The SMILES string of the molecule is CCCn1c(=O)c2sc(N3CCCC3)nc2n(CC(=O)Nc2ccc(CC)cc2)c1=O. The fourth-order valence-electron chi connectivity index (χ4n) is 3.84. The largest absolute Gasteiger partial charge is 0.348 e. The highest BCUT2D eigenvalue weighted by Gasteiger charge is 2.23. The van der Waals surface area contributed by atoms with Gasteiger partial charge in [0.1, 0.15) is 11.2 Å². The molecular weight excluding hydrogens is 414 g/mol. The number of anilines is 2. The van der Waals surface area contributed by atoms with Gasteiger partial charge in [-0.1, -0.05) is 37.3 Å². The van der Waals surface area contributed by atoms with E-state index in [1.165, 1.54) is 26.0 Å². The lowest BCUT2D eigenvalue weighted by Crippen LogP contribution is -2.41. The highest BCUT2D eigenvalue weighted by molar-refractivity contribution is 7.22. The summed E-state index contributed by atoms with van der Waals surface area (Å²) >= 11 is 1.31. The lowest BCUT2D eigenvalue weighted by Gasteiger charge is -2.12. The summed E-state index contributed by atoms with van der Waals surface area (Å²) in [6.45, 7) is 5.88. The number of amides is 1. The van der Waals surface area contributed by atoms with Crippen molar-refractivity contribution >= 4 is 38.4 Å². The van der Waals surface area contributed by atoms with Crippen LogP contribution in [0.5, 0.6) is 0 Å². The Hall–Kier alpha value is -2.94. The quantitative estimate of drug-likeness (QED) is 0.609. The molecule has 3 aromatic rings. The number of aryl methyl sites for hydroxylation is 1. The number of thiazole rings is 1. The minimum absolute atomic E-state index is 0.196. The molecule has 3 heterocycles. The van der Waals surface area contributed by atoms with E-state index in [4.69, 9.17) is 0 Å². The number of nitrogens with zero attached hydrogens (tertiary/aromatic N) is 4. The molecule has 2 aromatic heterocycles. The summed E-state index contributed by atoms with van der Waals surface area (Å²) in [6.07, 6.45) is 3.74. The Balaban J connectivity index is 1.71. The topological polar surface area (TPSA) is 89.2 Å². The second-order valence-corrected chi connectivity index (χ2v) is 8.75. The van der Waals surface area contributed by atoms with Crippen LogP contribution in [0.3, 0.4) is 0 Å². The van der Waals surface area contributed by atoms with Crippen LogP contribution in [0.25, 0.3) is 10.3 Å². The molecule has 1 aliphatic heterocycles. The zero-order valence-electron chi connectivity index (χ0n) is 17.9. The summed E-state index contributed by atoms with van der Waals surface area (Å²) in [4.78, 5) is 45.6. The Bertz CT molecular complexity index is 1200. The van der Waals surface area contributed by atoms with Crippen LogP contribution in [0.2, 0.25) is 0 Å². The molecule has 4 rings (SSSR count). The van der Waals surface area contributed by atoms with Crippen LogP contribution in [-0.2, 0) is 24.3 Å². The summed E-state index contributed by atoms with van der Waals surface area (Å²) in [5.41, 5.74) is 1.33. The molecule has 9 heteroatoms. The van der Waals surface area contributed by atoms with E-state index in [2.05, 4.69) is 22.1 Å². The van der Waals surface area contributed by atoms with Crippen molar-refractivity contribution in [2.45, 2.75) is 52.6 Å². The average Bonchev–Trinajstić information content (AvgIpc) is 3.45. The maximum absolute atomic E-state index is 13.1. The normalized spacial score (nSPS) is 13.8. The van der Waals surface area contributed by atoms with E-state index in [1.807, 2.05) is 31.2 Å². The van der Waals surface area contributed by atoms with Crippen LogP contribution in [0.4, 0.5) is 10.8 Å². The van der Waals surface area contributed by atoms with E-state index >= 15 is 0 Å². The van der Waals surface area contributed by atoms with Crippen LogP contribution in [0.15, 0.2) is 33.9 Å². The van der Waals surface area contributed by atoms with E-state index in [-0.39, 0.29) is 18.0 Å². The molecule has 1 N–H and O–H groups in total. The van der Waals surface area contributed by atoms with E-state index in [0.717, 1.165) is 37.5 Å². The molecule has 1 aromatic carbocycles.